The van der Waals surface area contributed by atoms with Crippen LogP contribution in [-0.4, -0.2) is 56.4 Å². The molecule has 0 aliphatic rings. The maximum Gasteiger partial charge on any atom is 0.407 e. The first-order valence-corrected chi connectivity index (χ1v) is 12.1. The number of alkyl carbamates (subject to hydrolysis) is 1. The molecule has 27 heavy (non-hydrogen) atoms. The number of rotatable bonds is 9. The van der Waals surface area contributed by atoms with E-state index >= 15 is 0 Å². The lowest BCUT2D eigenvalue weighted by atomic mass is 10.1. The molecule has 0 aromatic carbocycles. The van der Waals surface area contributed by atoms with Gasteiger partial charge in [0.2, 0.25) is 0 Å². The van der Waals surface area contributed by atoms with Crippen molar-refractivity contribution in [2.75, 3.05) is 13.2 Å². The van der Waals surface area contributed by atoms with Gasteiger partial charge in [-0.25, -0.2) is 9.59 Å². The van der Waals surface area contributed by atoms with Crippen molar-refractivity contribution in [1.82, 2.24) is 5.32 Å². The SMILES string of the molecule is C=CCOC(=O)C(O)CC(CO[Si](C)(C)C(C)(C)C)NC(=O)OC(C)(C)C. The van der Waals surface area contributed by atoms with Gasteiger partial charge in [0.25, 0.3) is 0 Å². The summed E-state index contributed by atoms with van der Waals surface area (Å²) in [5, 5.41) is 12.8. The minimum Gasteiger partial charge on any atom is -0.460 e. The van der Waals surface area contributed by atoms with Crippen molar-refractivity contribution >= 4 is 20.4 Å². The summed E-state index contributed by atoms with van der Waals surface area (Å²) in [5.41, 5.74) is -0.656. The van der Waals surface area contributed by atoms with Crippen LogP contribution in [0.2, 0.25) is 18.1 Å². The highest BCUT2D eigenvalue weighted by Gasteiger charge is 2.38. The van der Waals surface area contributed by atoms with Gasteiger partial charge in [-0.05, 0) is 38.9 Å². The van der Waals surface area contributed by atoms with Crippen LogP contribution in [0.1, 0.15) is 48.0 Å². The lowest BCUT2D eigenvalue weighted by Gasteiger charge is -2.37. The molecule has 0 heterocycles. The highest BCUT2D eigenvalue weighted by molar-refractivity contribution is 6.74. The van der Waals surface area contributed by atoms with Crippen LogP contribution in [-0.2, 0) is 18.7 Å². The van der Waals surface area contributed by atoms with Gasteiger partial charge in [-0.1, -0.05) is 33.4 Å². The van der Waals surface area contributed by atoms with Crippen LogP contribution < -0.4 is 5.32 Å². The number of esters is 1. The van der Waals surface area contributed by atoms with Gasteiger partial charge >= 0.3 is 12.1 Å². The number of nitrogens with one attached hydrogen (secondary N) is 1. The normalized spacial score (nSPS) is 14.9. The Labute approximate surface area is 164 Å². The fourth-order valence-corrected chi connectivity index (χ4v) is 2.82. The van der Waals surface area contributed by atoms with Crippen molar-refractivity contribution in [1.29, 1.82) is 0 Å². The molecule has 0 spiro atoms. The van der Waals surface area contributed by atoms with Gasteiger partial charge in [0, 0.05) is 6.42 Å². The lowest BCUT2D eigenvalue weighted by Crippen LogP contribution is -2.48. The van der Waals surface area contributed by atoms with Crippen LogP contribution in [0.25, 0.3) is 0 Å². The maximum absolute atomic E-state index is 12.1. The molecule has 0 saturated heterocycles. The predicted molar refractivity (Wildman–Crippen MR) is 108 cm³/mol. The summed E-state index contributed by atoms with van der Waals surface area (Å²) in [6.45, 7) is 19.4. The standard InChI is InChI=1S/C19H37NO6Si/c1-10-11-24-16(22)15(21)12-14(20-17(23)26-18(2,3)4)13-25-27(8,9)19(5,6)7/h10,14-15,21H,1,11-13H2,2-9H3,(H,20,23). The van der Waals surface area contributed by atoms with E-state index in [9.17, 15) is 14.7 Å². The van der Waals surface area contributed by atoms with Crippen molar-refractivity contribution < 1.29 is 28.6 Å². The minimum absolute atomic E-state index is 0.00895. The monoisotopic (exact) mass is 403 g/mol. The zero-order valence-electron chi connectivity index (χ0n) is 18.0. The number of aliphatic hydroxyl groups excluding tert-OH is 1. The largest absolute Gasteiger partial charge is 0.460 e. The van der Waals surface area contributed by atoms with E-state index in [0.29, 0.717) is 0 Å². The van der Waals surface area contributed by atoms with Gasteiger partial charge in [-0.15, -0.1) is 0 Å². The first-order valence-electron chi connectivity index (χ1n) is 9.18. The molecule has 2 atom stereocenters. The molecule has 2 unspecified atom stereocenters. The number of hydrogen-bond donors (Lipinski definition) is 2. The number of ether oxygens (including phenoxy) is 2. The molecule has 0 bridgehead atoms. The fraction of sp³-hybridized carbons (Fsp3) is 0.789. The molecule has 0 rings (SSSR count). The van der Waals surface area contributed by atoms with E-state index in [0.717, 1.165) is 0 Å². The van der Waals surface area contributed by atoms with Gasteiger partial charge in [0.15, 0.2) is 14.4 Å². The van der Waals surface area contributed by atoms with E-state index in [1.807, 2.05) is 0 Å². The zero-order valence-corrected chi connectivity index (χ0v) is 19.0. The van der Waals surface area contributed by atoms with E-state index < -0.39 is 38.1 Å². The van der Waals surface area contributed by atoms with E-state index in [1.54, 1.807) is 20.8 Å². The first-order chi connectivity index (χ1) is 12.1. The molecule has 1 amide bonds. The quantitative estimate of drug-likeness (QED) is 0.348. The summed E-state index contributed by atoms with van der Waals surface area (Å²) in [5.74, 6) is -0.766. The molecule has 2 N–H and O–H groups in total. The van der Waals surface area contributed by atoms with Gasteiger partial charge in [0.05, 0.1) is 12.6 Å². The second-order valence-electron chi connectivity index (χ2n) is 9.08. The van der Waals surface area contributed by atoms with Crippen LogP contribution in [0.4, 0.5) is 4.79 Å². The average molecular weight is 404 g/mol. The first kappa shape index (κ1) is 25.6. The van der Waals surface area contributed by atoms with Crippen molar-refractivity contribution in [2.24, 2.45) is 0 Å². The van der Waals surface area contributed by atoms with E-state index in [4.69, 9.17) is 13.9 Å². The van der Waals surface area contributed by atoms with E-state index in [2.05, 4.69) is 45.8 Å². The average Bonchev–Trinajstić information content (AvgIpc) is 2.47. The van der Waals surface area contributed by atoms with Crippen molar-refractivity contribution in [3.63, 3.8) is 0 Å². The minimum atomic E-state index is -2.07. The summed E-state index contributed by atoms with van der Waals surface area (Å²) in [6, 6.07) is -0.597. The Morgan fingerprint density at radius 3 is 2.19 bits per heavy atom. The predicted octanol–water partition coefficient (Wildman–Crippen LogP) is 3.38. The van der Waals surface area contributed by atoms with Crippen LogP contribution in [0.3, 0.4) is 0 Å². The number of carbonyl (C=O) groups excluding carboxylic acids is 2. The molecule has 7 nitrogen and oxygen atoms in total. The van der Waals surface area contributed by atoms with Crippen molar-refractivity contribution in [2.45, 2.75) is 83.8 Å². The number of aliphatic hydroxyl groups is 1. The van der Waals surface area contributed by atoms with E-state index in [-0.39, 0.29) is 24.7 Å². The maximum atomic E-state index is 12.1. The fourth-order valence-electron chi connectivity index (χ4n) is 1.77. The smallest absolute Gasteiger partial charge is 0.407 e. The van der Waals surface area contributed by atoms with Gasteiger partial charge in [-0.2, -0.15) is 0 Å². The second kappa shape index (κ2) is 10.2. The molecular formula is C19H37NO6Si. The molecule has 158 valence electrons. The van der Waals surface area contributed by atoms with Crippen molar-refractivity contribution in [3.8, 4) is 0 Å². The Bertz CT molecular complexity index is 507. The molecule has 8 heteroatoms. The summed E-state index contributed by atoms with van der Waals surface area (Å²) in [6.07, 6.45) is -0.628. The Morgan fingerprint density at radius 2 is 1.74 bits per heavy atom. The van der Waals surface area contributed by atoms with Crippen LogP contribution in [0.15, 0.2) is 12.7 Å². The third kappa shape index (κ3) is 10.5. The highest BCUT2D eigenvalue weighted by atomic mass is 28.4. The third-order valence-electron chi connectivity index (χ3n) is 4.30. The van der Waals surface area contributed by atoms with Crippen molar-refractivity contribution in [3.05, 3.63) is 12.7 Å². The van der Waals surface area contributed by atoms with Crippen LogP contribution in [0.5, 0.6) is 0 Å². The Hall–Kier alpha value is -1.38. The molecular weight excluding hydrogens is 366 g/mol. The Kier molecular flexibility index (Phi) is 9.72. The van der Waals surface area contributed by atoms with Gasteiger partial charge < -0.3 is 24.3 Å². The van der Waals surface area contributed by atoms with Gasteiger partial charge in [-0.3, -0.25) is 0 Å². The second-order valence-corrected chi connectivity index (χ2v) is 13.9. The molecule has 0 radical (unpaired) electrons. The summed E-state index contributed by atoms with van der Waals surface area (Å²) in [4.78, 5) is 23.9. The third-order valence-corrected chi connectivity index (χ3v) is 8.80. The zero-order chi connectivity index (χ0) is 21.5. The number of hydrogen-bond acceptors (Lipinski definition) is 6. The molecule has 0 aliphatic heterocycles. The molecule has 0 aromatic rings. The van der Waals surface area contributed by atoms with Gasteiger partial charge in [0.1, 0.15) is 12.2 Å². The Balaban J connectivity index is 5.07. The Morgan fingerprint density at radius 1 is 1.19 bits per heavy atom. The molecule has 0 aliphatic carbocycles. The summed E-state index contributed by atoms with van der Waals surface area (Å²) < 4.78 is 16.3. The molecule has 0 aromatic heterocycles. The lowest BCUT2D eigenvalue weighted by molar-refractivity contribution is -0.153. The van der Waals surface area contributed by atoms with Crippen LogP contribution >= 0.6 is 0 Å². The number of amides is 1. The topological polar surface area (TPSA) is 94.1 Å². The van der Waals surface area contributed by atoms with Crippen LogP contribution in [0, 0.1) is 0 Å². The van der Waals surface area contributed by atoms with E-state index in [1.165, 1.54) is 6.08 Å². The number of carbonyl (C=O) groups is 2. The summed E-state index contributed by atoms with van der Waals surface area (Å²) in [7, 11) is -2.07. The molecule has 0 saturated carbocycles. The summed E-state index contributed by atoms with van der Waals surface area (Å²) >= 11 is 0. The highest BCUT2D eigenvalue weighted by Crippen LogP contribution is 2.36. The molecule has 0 fully saturated rings.